The molecule has 0 aromatic heterocycles. The molecule has 1 atom stereocenters. The number of rotatable bonds is 9. The smallest absolute Gasteiger partial charge is 0.211 e. The van der Waals surface area contributed by atoms with Gasteiger partial charge >= 0.3 is 0 Å². The quantitative estimate of drug-likeness (QED) is 0.170. The van der Waals surface area contributed by atoms with E-state index in [1.807, 2.05) is 24.8 Å². The third-order valence-electron chi connectivity index (χ3n) is 4.22. The molecule has 1 unspecified atom stereocenters. The minimum Gasteiger partial charge on any atom is -0.357 e. The molecular weight excluding hydrogens is 495 g/mol. The number of aliphatic imine (C=N–C) groups is 1. The topological polar surface area (TPSA) is 73.8 Å². The average Bonchev–Trinajstić information content (AvgIpc) is 3.12. The molecule has 1 heterocycles. The van der Waals surface area contributed by atoms with Crippen LogP contribution in [0.1, 0.15) is 20.3 Å². The molecule has 6 nitrogen and oxygen atoms in total. The van der Waals surface area contributed by atoms with Gasteiger partial charge in [0, 0.05) is 36.8 Å². The molecule has 1 aliphatic rings. The summed E-state index contributed by atoms with van der Waals surface area (Å²) in [5.41, 5.74) is 0. The lowest BCUT2D eigenvalue weighted by Gasteiger charge is -2.21. The van der Waals surface area contributed by atoms with Crippen molar-refractivity contribution in [3.63, 3.8) is 0 Å². The standard InChI is InChI=1S/C18H30N4O2S2.HI/c1-3-19-18(20-11-12-21-26(23,24)4-2)22-13-10-16(14-22)15-25-17-8-6-5-7-9-17;/h5-9,16,21H,3-4,10-15H2,1-2H3,(H,19,20);1H. The molecule has 0 amide bonds. The Labute approximate surface area is 185 Å². The van der Waals surface area contributed by atoms with Crippen LogP contribution in [0.4, 0.5) is 0 Å². The van der Waals surface area contributed by atoms with Crippen LogP contribution in [0.25, 0.3) is 0 Å². The van der Waals surface area contributed by atoms with Crippen LogP contribution in [-0.2, 0) is 10.0 Å². The fraction of sp³-hybridized carbons (Fsp3) is 0.611. The van der Waals surface area contributed by atoms with E-state index in [-0.39, 0.29) is 29.7 Å². The SMILES string of the molecule is CCNC(=NCCNS(=O)(=O)CC)N1CCC(CSc2ccccc2)C1.I. The summed E-state index contributed by atoms with van der Waals surface area (Å²) in [5, 5.41) is 3.32. The summed E-state index contributed by atoms with van der Waals surface area (Å²) in [5.74, 6) is 2.73. The molecule has 0 saturated carbocycles. The predicted octanol–water partition coefficient (Wildman–Crippen LogP) is 2.62. The Morgan fingerprint density at radius 2 is 2.04 bits per heavy atom. The van der Waals surface area contributed by atoms with E-state index in [4.69, 9.17) is 0 Å². The zero-order valence-electron chi connectivity index (χ0n) is 16.1. The molecule has 154 valence electrons. The maximum absolute atomic E-state index is 11.5. The summed E-state index contributed by atoms with van der Waals surface area (Å²) in [7, 11) is -3.15. The summed E-state index contributed by atoms with van der Waals surface area (Å²) >= 11 is 1.91. The second-order valence-corrected chi connectivity index (χ2v) is 9.45. The van der Waals surface area contributed by atoms with Crippen LogP contribution in [0, 0.1) is 5.92 Å². The third-order valence-corrected chi connectivity index (χ3v) is 6.87. The molecule has 0 aliphatic carbocycles. The van der Waals surface area contributed by atoms with Crippen molar-refractivity contribution in [3.05, 3.63) is 30.3 Å². The van der Waals surface area contributed by atoms with E-state index in [9.17, 15) is 8.42 Å². The van der Waals surface area contributed by atoms with Crippen LogP contribution in [0.15, 0.2) is 40.2 Å². The summed E-state index contributed by atoms with van der Waals surface area (Å²) in [6.07, 6.45) is 1.16. The highest BCUT2D eigenvalue weighted by atomic mass is 127. The number of guanidine groups is 1. The van der Waals surface area contributed by atoms with Crippen LogP contribution in [-0.4, -0.2) is 63.5 Å². The third kappa shape index (κ3) is 9.01. The van der Waals surface area contributed by atoms with Crippen LogP contribution >= 0.6 is 35.7 Å². The lowest BCUT2D eigenvalue weighted by Crippen LogP contribution is -2.40. The van der Waals surface area contributed by atoms with Gasteiger partial charge < -0.3 is 10.2 Å². The molecule has 9 heteroatoms. The highest BCUT2D eigenvalue weighted by Crippen LogP contribution is 2.25. The Kier molecular flexibility index (Phi) is 11.7. The van der Waals surface area contributed by atoms with Gasteiger partial charge in [0.05, 0.1) is 12.3 Å². The van der Waals surface area contributed by atoms with Gasteiger partial charge in [0.25, 0.3) is 0 Å². The number of nitrogens with one attached hydrogen (secondary N) is 2. The van der Waals surface area contributed by atoms with Crippen molar-refractivity contribution in [1.29, 1.82) is 0 Å². The molecule has 0 spiro atoms. The van der Waals surface area contributed by atoms with E-state index in [1.54, 1.807) is 6.92 Å². The van der Waals surface area contributed by atoms with Crippen molar-refractivity contribution in [2.45, 2.75) is 25.2 Å². The molecule has 1 aromatic carbocycles. The number of benzene rings is 1. The summed E-state index contributed by atoms with van der Waals surface area (Å²) in [4.78, 5) is 8.18. The highest BCUT2D eigenvalue weighted by molar-refractivity contribution is 14.0. The van der Waals surface area contributed by atoms with Crippen molar-refractivity contribution < 1.29 is 8.42 Å². The van der Waals surface area contributed by atoms with Crippen molar-refractivity contribution >= 4 is 51.7 Å². The van der Waals surface area contributed by atoms with E-state index in [0.29, 0.717) is 19.0 Å². The monoisotopic (exact) mass is 526 g/mol. The number of hydrogen-bond acceptors (Lipinski definition) is 4. The number of thioether (sulfide) groups is 1. The number of hydrogen-bond donors (Lipinski definition) is 2. The largest absolute Gasteiger partial charge is 0.357 e. The van der Waals surface area contributed by atoms with Crippen molar-refractivity contribution in [1.82, 2.24) is 14.9 Å². The van der Waals surface area contributed by atoms with Gasteiger partial charge in [-0.3, -0.25) is 4.99 Å². The van der Waals surface area contributed by atoms with Crippen molar-refractivity contribution in [2.75, 3.05) is 44.2 Å². The van der Waals surface area contributed by atoms with E-state index in [0.717, 1.165) is 37.8 Å². The van der Waals surface area contributed by atoms with Gasteiger partial charge in [0.2, 0.25) is 10.0 Å². The first kappa shape index (κ1) is 24.5. The highest BCUT2D eigenvalue weighted by Gasteiger charge is 2.24. The van der Waals surface area contributed by atoms with E-state index < -0.39 is 10.0 Å². The predicted molar refractivity (Wildman–Crippen MR) is 126 cm³/mol. The molecule has 1 aromatic rings. The second-order valence-electron chi connectivity index (χ2n) is 6.26. The molecule has 2 N–H and O–H groups in total. The minimum atomic E-state index is -3.15. The summed E-state index contributed by atoms with van der Waals surface area (Å²) in [6, 6.07) is 10.5. The fourth-order valence-electron chi connectivity index (χ4n) is 2.78. The van der Waals surface area contributed by atoms with Crippen molar-refractivity contribution in [2.24, 2.45) is 10.9 Å². The van der Waals surface area contributed by atoms with Crippen LogP contribution in [0.2, 0.25) is 0 Å². The Hall–Kier alpha value is -0.520. The van der Waals surface area contributed by atoms with Gasteiger partial charge in [-0.25, -0.2) is 13.1 Å². The Morgan fingerprint density at radius 1 is 1.30 bits per heavy atom. The number of sulfonamides is 1. The molecule has 1 fully saturated rings. The van der Waals surface area contributed by atoms with E-state index in [1.165, 1.54) is 4.90 Å². The maximum Gasteiger partial charge on any atom is 0.211 e. The van der Waals surface area contributed by atoms with Gasteiger partial charge in [-0.05, 0) is 38.3 Å². The molecule has 0 radical (unpaired) electrons. The number of nitrogens with zero attached hydrogens (tertiary/aromatic N) is 2. The summed E-state index contributed by atoms with van der Waals surface area (Å²) < 4.78 is 25.5. The van der Waals surface area contributed by atoms with E-state index >= 15 is 0 Å². The number of likely N-dealkylation sites (tertiary alicyclic amines) is 1. The molecule has 2 rings (SSSR count). The first-order valence-electron chi connectivity index (χ1n) is 9.22. The average molecular weight is 527 g/mol. The van der Waals surface area contributed by atoms with E-state index in [2.05, 4.69) is 44.2 Å². The molecule has 0 bridgehead atoms. The zero-order chi connectivity index (χ0) is 18.8. The minimum absolute atomic E-state index is 0. The molecule has 1 saturated heterocycles. The molecule has 27 heavy (non-hydrogen) atoms. The number of halogens is 1. The van der Waals surface area contributed by atoms with Crippen LogP contribution < -0.4 is 10.0 Å². The maximum atomic E-state index is 11.5. The first-order chi connectivity index (χ1) is 12.5. The second kappa shape index (κ2) is 12.8. The Bertz CT molecular complexity index is 671. The summed E-state index contributed by atoms with van der Waals surface area (Å²) in [6.45, 7) is 7.26. The van der Waals surface area contributed by atoms with Gasteiger partial charge in [-0.1, -0.05) is 18.2 Å². The van der Waals surface area contributed by atoms with Crippen LogP contribution in [0.5, 0.6) is 0 Å². The Morgan fingerprint density at radius 3 is 2.70 bits per heavy atom. The van der Waals surface area contributed by atoms with Crippen LogP contribution in [0.3, 0.4) is 0 Å². The lowest BCUT2D eigenvalue weighted by molar-refractivity contribution is 0.474. The fourth-order valence-corrected chi connectivity index (χ4v) is 4.44. The van der Waals surface area contributed by atoms with Gasteiger partial charge in [-0.2, -0.15) is 0 Å². The van der Waals surface area contributed by atoms with Gasteiger partial charge in [0.1, 0.15) is 0 Å². The molecular formula is C18H31IN4O2S2. The normalized spacial score (nSPS) is 17.6. The molecule has 1 aliphatic heterocycles. The van der Waals surface area contributed by atoms with Gasteiger partial charge in [-0.15, -0.1) is 35.7 Å². The van der Waals surface area contributed by atoms with Crippen molar-refractivity contribution in [3.8, 4) is 0 Å². The lowest BCUT2D eigenvalue weighted by atomic mass is 10.2. The first-order valence-corrected chi connectivity index (χ1v) is 11.9. The van der Waals surface area contributed by atoms with Gasteiger partial charge in [0.15, 0.2) is 5.96 Å². The Balaban J connectivity index is 0.00000364. The zero-order valence-corrected chi connectivity index (χ0v) is 20.0.